The molecule has 0 unspecified atom stereocenters. The molecule has 0 atom stereocenters. The second-order valence-electron chi connectivity index (χ2n) is 5.49. The van der Waals surface area contributed by atoms with Crippen LogP contribution in [0.15, 0.2) is 30.5 Å². The van der Waals surface area contributed by atoms with Gasteiger partial charge in [-0.15, -0.1) is 0 Å². The molecule has 0 bridgehead atoms. The van der Waals surface area contributed by atoms with E-state index in [4.69, 9.17) is 27.9 Å². The lowest BCUT2D eigenvalue weighted by Crippen LogP contribution is -2.18. The van der Waals surface area contributed by atoms with E-state index in [-0.39, 0.29) is 23.2 Å². The van der Waals surface area contributed by atoms with Gasteiger partial charge in [0.15, 0.2) is 35.7 Å². The molecule has 5 nitrogen and oxygen atoms in total. The van der Waals surface area contributed by atoms with Crippen molar-refractivity contribution in [2.24, 2.45) is 0 Å². The number of amides is 1. The quantitative estimate of drug-likeness (QED) is 0.330. The third-order valence-corrected chi connectivity index (χ3v) is 4.10. The summed E-state index contributed by atoms with van der Waals surface area (Å²) in [6.07, 6.45) is 1.29. The summed E-state index contributed by atoms with van der Waals surface area (Å²) in [4.78, 5) is 12.1. The minimum Gasteiger partial charge on any atom is -0.470 e. The van der Waals surface area contributed by atoms with Crippen molar-refractivity contribution in [2.45, 2.75) is 6.73 Å². The zero-order chi connectivity index (χ0) is 21.3. The zero-order valence-electron chi connectivity index (χ0n) is 14.0. The van der Waals surface area contributed by atoms with Gasteiger partial charge in [0, 0.05) is 11.2 Å². The maximum atomic E-state index is 13.7. The number of benzene rings is 2. The van der Waals surface area contributed by atoms with E-state index in [1.165, 1.54) is 24.4 Å². The van der Waals surface area contributed by atoms with Crippen LogP contribution in [0.5, 0.6) is 5.75 Å². The van der Waals surface area contributed by atoms with E-state index < -0.39 is 40.7 Å². The monoisotopic (exact) mass is 451 g/mol. The van der Waals surface area contributed by atoms with Crippen LogP contribution >= 0.6 is 23.2 Å². The van der Waals surface area contributed by atoms with Gasteiger partial charge in [-0.25, -0.2) is 26.6 Å². The summed E-state index contributed by atoms with van der Waals surface area (Å²) in [5.41, 5.74) is -1.84. The number of hydrogen-bond donors (Lipinski definition) is 1. The number of carbonyl (C=O) groups is 1. The van der Waals surface area contributed by atoms with Gasteiger partial charge in [-0.05, 0) is 24.3 Å². The summed E-state index contributed by atoms with van der Waals surface area (Å²) in [5, 5.41) is 6.04. The Morgan fingerprint density at radius 3 is 2.24 bits per heavy atom. The molecule has 0 saturated heterocycles. The van der Waals surface area contributed by atoms with Crippen molar-refractivity contribution < 1.29 is 31.5 Å². The topological polar surface area (TPSA) is 56.2 Å². The van der Waals surface area contributed by atoms with Gasteiger partial charge in [0.05, 0.1) is 5.02 Å². The predicted molar refractivity (Wildman–Crippen MR) is 93.5 cm³/mol. The molecule has 2 aromatic carbocycles. The first kappa shape index (κ1) is 20.9. The first-order valence-electron chi connectivity index (χ1n) is 7.63. The third kappa shape index (κ3) is 4.28. The van der Waals surface area contributed by atoms with Crippen LogP contribution in [0, 0.1) is 29.1 Å². The Bertz CT molecular complexity index is 1080. The van der Waals surface area contributed by atoms with E-state index in [1.54, 1.807) is 5.32 Å². The highest BCUT2D eigenvalue weighted by molar-refractivity contribution is 6.35. The van der Waals surface area contributed by atoms with Crippen LogP contribution in [0.4, 0.5) is 27.6 Å². The third-order valence-electron chi connectivity index (χ3n) is 3.57. The average molecular weight is 452 g/mol. The van der Waals surface area contributed by atoms with Gasteiger partial charge in [-0.2, -0.15) is 5.10 Å². The highest BCUT2D eigenvalue weighted by atomic mass is 35.5. The molecule has 0 radical (unpaired) electrons. The van der Waals surface area contributed by atoms with Crippen molar-refractivity contribution >= 4 is 34.8 Å². The van der Waals surface area contributed by atoms with Gasteiger partial charge in [-0.1, -0.05) is 23.2 Å². The molecule has 0 fully saturated rings. The standard InChI is InChI=1S/C17H8Cl2F5N3O2/c18-7-1-2-10(8(19)5-7)29-6-27-4-3-9(26-27)17(28)25-16-14(23)12(21)11(20)13(22)15(16)24/h1-5H,6H2,(H,25,28). The number of aromatic nitrogens is 2. The van der Waals surface area contributed by atoms with E-state index in [1.807, 2.05) is 0 Å². The van der Waals surface area contributed by atoms with Crippen molar-refractivity contribution in [1.82, 2.24) is 9.78 Å². The maximum absolute atomic E-state index is 13.7. The number of anilines is 1. The molecule has 3 rings (SSSR count). The highest BCUT2D eigenvalue weighted by Gasteiger charge is 2.27. The van der Waals surface area contributed by atoms with Crippen molar-refractivity contribution in [3.8, 4) is 5.75 Å². The molecule has 1 amide bonds. The smallest absolute Gasteiger partial charge is 0.276 e. The van der Waals surface area contributed by atoms with E-state index in [9.17, 15) is 26.7 Å². The molecule has 0 aliphatic rings. The fourth-order valence-corrected chi connectivity index (χ4v) is 2.64. The summed E-state index contributed by atoms with van der Waals surface area (Å²) in [6, 6.07) is 5.64. The SMILES string of the molecule is O=C(Nc1c(F)c(F)c(F)c(F)c1F)c1ccn(COc2ccc(Cl)cc2Cl)n1. The average Bonchev–Trinajstić information content (AvgIpc) is 3.16. The van der Waals surface area contributed by atoms with Crippen LogP contribution in [-0.2, 0) is 6.73 Å². The normalized spacial score (nSPS) is 10.9. The van der Waals surface area contributed by atoms with Gasteiger partial charge in [0.2, 0.25) is 5.82 Å². The Labute approximate surface area is 169 Å². The highest BCUT2D eigenvalue weighted by Crippen LogP contribution is 2.28. The number of carbonyl (C=O) groups excluding carboxylic acids is 1. The maximum Gasteiger partial charge on any atom is 0.276 e. The van der Waals surface area contributed by atoms with E-state index in [2.05, 4.69) is 5.10 Å². The number of hydrogen-bond acceptors (Lipinski definition) is 3. The lowest BCUT2D eigenvalue weighted by atomic mass is 10.2. The zero-order valence-corrected chi connectivity index (χ0v) is 15.5. The molecule has 152 valence electrons. The summed E-state index contributed by atoms with van der Waals surface area (Å²) >= 11 is 11.7. The first-order valence-corrected chi connectivity index (χ1v) is 8.38. The van der Waals surface area contributed by atoms with E-state index >= 15 is 0 Å². The van der Waals surface area contributed by atoms with Crippen molar-refractivity contribution in [1.29, 1.82) is 0 Å². The molecule has 3 aromatic rings. The Hall–Kier alpha value is -2.85. The Balaban J connectivity index is 1.73. The van der Waals surface area contributed by atoms with Crippen LogP contribution in [0.1, 0.15) is 10.5 Å². The second-order valence-corrected chi connectivity index (χ2v) is 6.33. The van der Waals surface area contributed by atoms with Gasteiger partial charge in [0.1, 0.15) is 11.4 Å². The minimum absolute atomic E-state index is 0.197. The number of nitrogens with zero attached hydrogens (tertiary/aromatic N) is 2. The molecular weight excluding hydrogens is 444 g/mol. The molecule has 12 heteroatoms. The molecule has 29 heavy (non-hydrogen) atoms. The fraction of sp³-hybridized carbons (Fsp3) is 0.0588. The Kier molecular flexibility index (Phi) is 5.94. The van der Waals surface area contributed by atoms with Gasteiger partial charge >= 0.3 is 0 Å². The molecule has 0 saturated carbocycles. The van der Waals surface area contributed by atoms with Gasteiger partial charge < -0.3 is 10.1 Å². The van der Waals surface area contributed by atoms with Crippen molar-refractivity contribution in [3.05, 3.63) is 75.3 Å². The number of rotatable bonds is 5. The molecule has 0 aliphatic carbocycles. The second kappa shape index (κ2) is 8.26. The largest absolute Gasteiger partial charge is 0.470 e. The molecule has 1 N–H and O–H groups in total. The first-order chi connectivity index (χ1) is 13.7. The van der Waals surface area contributed by atoms with Gasteiger partial charge in [-0.3, -0.25) is 4.79 Å². The fourth-order valence-electron chi connectivity index (χ4n) is 2.17. The van der Waals surface area contributed by atoms with Crippen LogP contribution in [-0.4, -0.2) is 15.7 Å². The summed E-state index contributed by atoms with van der Waals surface area (Å²) in [6.45, 7) is -0.197. The number of ether oxygens (including phenoxy) is 1. The van der Waals surface area contributed by atoms with Crippen molar-refractivity contribution in [2.75, 3.05) is 5.32 Å². The van der Waals surface area contributed by atoms with E-state index in [0.29, 0.717) is 5.02 Å². The molecule has 1 heterocycles. The molecule has 0 spiro atoms. The molecular formula is C17H8Cl2F5N3O2. The van der Waals surface area contributed by atoms with E-state index in [0.717, 1.165) is 10.7 Å². The Morgan fingerprint density at radius 1 is 1.00 bits per heavy atom. The summed E-state index contributed by atoms with van der Waals surface area (Å²) in [7, 11) is 0. The number of halogens is 7. The van der Waals surface area contributed by atoms with Crippen LogP contribution in [0.2, 0.25) is 10.0 Å². The van der Waals surface area contributed by atoms with Crippen LogP contribution < -0.4 is 10.1 Å². The summed E-state index contributed by atoms with van der Waals surface area (Å²) in [5.74, 6) is -12.0. The van der Waals surface area contributed by atoms with Crippen molar-refractivity contribution in [3.63, 3.8) is 0 Å². The number of nitrogens with one attached hydrogen (secondary N) is 1. The van der Waals surface area contributed by atoms with Crippen LogP contribution in [0.25, 0.3) is 0 Å². The minimum atomic E-state index is -2.33. The summed E-state index contributed by atoms with van der Waals surface area (Å²) < 4.78 is 73.3. The Morgan fingerprint density at radius 2 is 1.62 bits per heavy atom. The predicted octanol–water partition coefficient (Wildman–Crippen LogP) is 5.17. The molecule has 1 aromatic heterocycles. The van der Waals surface area contributed by atoms with Crippen LogP contribution in [0.3, 0.4) is 0 Å². The van der Waals surface area contributed by atoms with Gasteiger partial charge in [0.25, 0.3) is 5.91 Å². The lowest BCUT2D eigenvalue weighted by molar-refractivity contribution is 0.101. The molecule has 0 aliphatic heterocycles. The lowest BCUT2D eigenvalue weighted by Gasteiger charge is -2.09.